The Hall–Kier alpha value is -2.93. The molecule has 4 rings (SSSR count). The smallest absolute Gasteiger partial charge is 0.259 e. The van der Waals surface area contributed by atoms with Gasteiger partial charge in [-0.15, -0.1) is 0 Å². The highest BCUT2D eigenvalue weighted by atomic mass is 16.5. The highest BCUT2D eigenvalue weighted by Crippen LogP contribution is 2.30. The molecule has 0 bridgehead atoms. The number of carbonyl (C=O) groups is 2. The minimum atomic E-state index is -0.188. The molecule has 0 spiro atoms. The quantitative estimate of drug-likeness (QED) is 0.795. The number of benzene rings is 1. The summed E-state index contributed by atoms with van der Waals surface area (Å²) in [5, 5.41) is 0. The first-order valence-electron chi connectivity index (χ1n) is 9.96. The van der Waals surface area contributed by atoms with E-state index in [0.29, 0.717) is 56.5 Å². The third kappa shape index (κ3) is 4.24. The fourth-order valence-electron chi connectivity index (χ4n) is 3.89. The van der Waals surface area contributed by atoms with Gasteiger partial charge < -0.3 is 19.3 Å². The standard InChI is InChI=1S/C22H25N3O4/c1-16-14-25(15-19(16)22(27)24-9-11-28-12-10-24)21(26)18-13-23-8-7-20(18)29-17-5-3-2-4-6-17/h2-8,13,16,19H,9-12,14-15H2,1H3/t16-,19-/m1/s1. The zero-order chi connectivity index (χ0) is 20.2. The first-order valence-corrected chi connectivity index (χ1v) is 9.96. The number of morpholine rings is 1. The van der Waals surface area contributed by atoms with Gasteiger partial charge in [-0.25, -0.2) is 0 Å². The van der Waals surface area contributed by atoms with Crippen LogP contribution >= 0.6 is 0 Å². The van der Waals surface area contributed by atoms with Crippen LogP contribution in [0.4, 0.5) is 0 Å². The topological polar surface area (TPSA) is 72.0 Å². The van der Waals surface area contributed by atoms with Crippen molar-refractivity contribution in [1.29, 1.82) is 0 Å². The highest BCUT2D eigenvalue weighted by molar-refractivity contribution is 5.97. The van der Waals surface area contributed by atoms with E-state index >= 15 is 0 Å². The molecule has 7 nitrogen and oxygen atoms in total. The monoisotopic (exact) mass is 395 g/mol. The van der Waals surface area contributed by atoms with Crippen molar-refractivity contribution in [3.05, 3.63) is 54.4 Å². The maximum atomic E-state index is 13.2. The minimum Gasteiger partial charge on any atom is -0.456 e. The lowest BCUT2D eigenvalue weighted by atomic mass is 9.96. The van der Waals surface area contributed by atoms with Crippen LogP contribution in [0.3, 0.4) is 0 Å². The van der Waals surface area contributed by atoms with E-state index in [9.17, 15) is 9.59 Å². The molecule has 2 aliphatic rings. The van der Waals surface area contributed by atoms with Gasteiger partial charge in [0.2, 0.25) is 5.91 Å². The van der Waals surface area contributed by atoms with E-state index in [0.717, 1.165) is 0 Å². The van der Waals surface area contributed by atoms with E-state index in [-0.39, 0.29) is 23.7 Å². The van der Waals surface area contributed by atoms with E-state index < -0.39 is 0 Å². The molecule has 0 aliphatic carbocycles. The number of carbonyl (C=O) groups excluding carboxylic acids is 2. The highest BCUT2D eigenvalue weighted by Gasteiger charge is 2.40. The predicted octanol–water partition coefficient (Wildman–Crippen LogP) is 2.44. The lowest BCUT2D eigenvalue weighted by Gasteiger charge is -2.30. The van der Waals surface area contributed by atoms with E-state index in [2.05, 4.69) is 4.98 Å². The molecule has 2 aromatic rings. The Balaban J connectivity index is 1.48. The summed E-state index contributed by atoms with van der Waals surface area (Å²) < 4.78 is 11.2. The van der Waals surface area contributed by atoms with Crippen LogP contribution in [-0.2, 0) is 9.53 Å². The zero-order valence-electron chi connectivity index (χ0n) is 16.5. The number of hydrogen-bond acceptors (Lipinski definition) is 5. The molecule has 1 aromatic heterocycles. The molecule has 29 heavy (non-hydrogen) atoms. The summed E-state index contributed by atoms with van der Waals surface area (Å²) in [6.45, 7) is 5.37. The fraction of sp³-hybridized carbons (Fsp3) is 0.409. The van der Waals surface area contributed by atoms with Crippen LogP contribution in [0.15, 0.2) is 48.8 Å². The first-order chi connectivity index (χ1) is 14.1. The zero-order valence-corrected chi connectivity index (χ0v) is 16.5. The van der Waals surface area contributed by atoms with Gasteiger partial charge in [-0.2, -0.15) is 0 Å². The summed E-state index contributed by atoms with van der Waals surface area (Å²) in [7, 11) is 0. The van der Waals surface area contributed by atoms with Crippen LogP contribution < -0.4 is 4.74 Å². The van der Waals surface area contributed by atoms with Crippen molar-refractivity contribution >= 4 is 11.8 Å². The Morgan fingerprint density at radius 3 is 2.59 bits per heavy atom. The largest absolute Gasteiger partial charge is 0.456 e. The van der Waals surface area contributed by atoms with E-state index in [1.807, 2.05) is 42.2 Å². The fourth-order valence-corrected chi connectivity index (χ4v) is 3.89. The summed E-state index contributed by atoms with van der Waals surface area (Å²) in [5.74, 6) is 0.989. The molecule has 1 aromatic carbocycles. The molecule has 0 radical (unpaired) electrons. The Labute approximate surface area is 170 Å². The van der Waals surface area contributed by atoms with Crippen molar-refractivity contribution in [2.45, 2.75) is 6.92 Å². The molecule has 2 amide bonds. The average Bonchev–Trinajstić information content (AvgIpc) is 3.16. The van der Waals surface area contributed by atoms with Gasteiger partial charge in [0.05, 0.1) is 19.1 Å². The van der Waals surface area contributed by atoms with Gasteiger partial charge >= 0.3 is 0 Å². The van der Waals surface area contributed by atoms with Gasteiger partial charge in [-0.1, -0.05) is 25.1 Å². The maximum Gasteiger partial charge on any atom is 0.259 e. The van der Waals surface area contributed by atoms with Crippen molar-refractivity contribution < 1.29 is 19.1 Å². The van der Waals surface area contributed by atoms with Crippen molar-refractivity contribution in [2.24, 2.45) is 11.8 Å². The lowest BCUT2D eigenvalue weighted by molar-refractivity contribution is -0.140. The first kappa shape index (κ1) is 19.4. The maximum absolute atomic E-state index is 13.2. The minimum absolute atomic E-state index is 0.101. The number of para-hydroxylation sites is 1. The van der Waals surface area contributed by atoms with Crippen LogP contribution in [0, 0.1) is 11.8 Å². The number of amides is 2. The van der Waals surface area contributed by atoms with Crippen molar-refractivity contribution in [3.63, 3.8) is 0 Å². The van der Waals surface area contributed by atoms with Crippen LogP contribution in [-0.4, -0.2) is 66.0 Å². The second-order valence-electron chi connectivity index (χ2n) is 7.52. The Morgan fingerprint density at radius 1 is 1.07 bits per heavy atom. The van der Waals surface area contributed by atoms with Gasteiger partial charge in [-0.05, 0) is 24.1 Å². The summed E-state index contributed by atoms with van der Waals surface area (Å²) >= 11 is 0. The van der Waals surface area contributed by atoms with Gasteiger partial charge in [0.15, 0.2) is 0 Å². The molecule has 2 aliphatic heterocycles. The van der Waals surface area contributed by atoms with Crippen LogP contribution in [0.1, 0.15) is 17.3 Å². The lowest BCUT2D eigenvalue weighted by Crippen LogP contribution is -2.45. The van der Waals surface area contributed by atoms with E-state index in [1.165, 1.54) is 6.20 Å². The molecule has 0 saturated carbocycles. The Morgan fingerprint density at radius 2 is 1.83 bits per heavy atom. The normalized spacial score (nSPS) is 21.8. The molecule has 0 N–H and O–H groups in total. The van der Waals surface area contributed by atoms with Crippen LogP contribution in [0.2, 0.25) is 0 Å². The molecule has 3 heterocycles. The molecule has 152 valence electrons. The molecule has 2 saturated heterocycles. The van der Waals surface area contributed by atoms with Gasteiger partial charge in [0.1, 0.15) is 17.1 Å². The van der Waals surface area contributed by atoms with E-state index in [1.54, 1.807) is 17.2 Å². The number of hydrogen-bond donors (Lipinski definition) is 0. The van der Waals surface area contributed by atoms with Crippen LogP contribution in [0.5, 0.6) is 11.5 Å². The summed E-state index contributed by atoms with van der Waals surface area (Å²) in [5.41, 5.74) is 0.406. The number of ether oxygens (including phenoxy) is 2. The molecule has 7 heteroatoms. The van der Waals surface area contributed by atoms with E-state index in [4.69, 9.17) is 9.47 Å². The summed E-state index contributed by atoms with van der Waals surface area (Å²) in [6, 6.07) is 11.0. The SMILES string of the molecule is C[C@@H]1CN(C(=O)c2cnccc2Oc2ccccc2)C[C@H]1C(=O)N1CCOCC1. The molecular formula is C22H25N3O4. The molecular weight excluding hydrogens is 370 g/mol. The second kappa shape index (κ2) is 8.61. The Bertz CT molecular complexity index is 867. The molecule has 2 fully saturated rings. The van der Waals surface area contributed by atoms with Gasteiger partial charge in [0.25, 0.3) is 5.91 Å². The third-order valence-electron chi connectivity index (χ3n) is 5.52. The van der Waals surface area contributed by atoms with Gasteiger partial charge in [0, 0.05) is 38.6 Å². The third-order valence-corrected chi connectivity index (χ3v) is 5.52. The van der Waals surface area contributed by atoms with Crippen molar-refractivity contribution in [1.82, 2.24) is 14.8 Å². The number of rotatable bonds is 4. The van der Waals surface area contributed by atoms with Crippen molar-refractivity contribution in [2.75, 3.05) is 39.4 Å². The Kier molecular flexibility index (Phi) is 5.76. The average molecular weight is 395 g/mol. The number of aromatic nitrogens is 1. The van der Waals surface area contributed by atoms with Crippen molar-refractivity contribution in [3.8, 4) is 11.5 Å². The van der Waals surface area contributed by atoms with Crippen LogP contribution in [0.25, 0.3) is 0 Å². The number of likely N-dealkylation sites (tertiary alicyclic amines) is 1. The number of nitrogens with zero attached hydrogens (tertiary/aromatic N) is 3. The molecule has 0 unspecified atom stereocenters. The summed E-state index contributed by atoms with van der Waals surface area (Å²) in [6.07, 6.45) is 3.13. The predicted molar refractivity (Wildman–Crippen MR) is 107 cm³/mol. The van der Waals surface area contributed by atoms with Gasteiger partial charge in [-0.3, -0.25) is 14.6 Å². The molecule has 2 atom stereocenters. The summed E-state index contributed by atoms with van der Waals surface area (Å²) in [4.78, 5) is 33.8. The second-order valence-corrected chi connectivity index (χ2v) is 7.52. The number of pyridine rings is 1.